The van der Waals surface area contributed by atoms with Crippen molar-refractivity contribution in [3.63, 3.8) is 0 Å². The fourth-order valence-electron chi connectivity index (χ4n) is 4.46. The number of benzene rings is 2. The third-order valence-electron chi connectivity index (χ3n) is 6.30. The molecule has 7 heteroatoms. The van der Waals surface area contributed by atoms with Crippen molar-refractivity contribution in [2.24, 2.45) is 0 Å². The number of para-hydroxylation sites is 1. The largest absolute Gasteiger partial charge is 0.394 e. The number of ether oxygens (including phenoxy) is 1. The standard InChI is InChI=1S/C25H31N3O4/c29-18-23-22(26-25(31)19-7-3-1-4-8-19)12-11-21(32-23)17-24(30)28-15-13-27(14-16-28)20-9-5-2-6-10-20/h1-10,21-23,29H,11-18H2,(H,26,31)/t21-,22+,23-/m0/s1. The van der Waals surface area contributed by atoms with Gasteiger partial charge in [-0.25, -0.2) is 0 Å². The lowest BCUT2D eigenvalue weighted by molar-refractivity contribution is -0.140. The van der Waals surface area contributed by atoms with Gasteiger partial charge >= 0.3 is 0 Å². The molecule has 32 heavy (non-hydrogen) atoms. The van der Waals surface area contributed by atoms with E-state index in [1.165, 1.54) is 5.69 Å². The normalized spacial score (nSPS) is 23.6. The van der Waals surface area contributed by atoms with Crippen LogP contribution >= 0.6 is 0 Å². The van der Waals surface area contributed by atoms with Crippen molar-refractivity contribution in [1.29, 1.82) is 0 Å². The summed E-state index contributed by atoms with van der Waals surface area (Å²) >= 11 is 0. The van der Waals surface area contributed by atoms with Crippen LogP contribution in [-0.2, 0) is 9.53 Å². The molecule has 2 aliphatic heterocycles. The molecule has 0 aliphatic carbocycles. The first-order chi connectivity index (χ1) is 15.6. The highest BCUT2D eigenvalue weighted by Crippen LogP contribution is 2.24. The Hall–Kier alpha value is -2.90. The van der Waals surface area contributed by atoms with Crippen molar-refractivity contribution >= 4 is 17.5 Å². The molecule has 0 bridgehead atoms. The molecule has 2 fully saturated rings. The molecule has 7 nitrogen and oxygen atoms in total. The third-order valence-corrected chi connectivity index (χ3v) is 6.30. The minimum Gasteiger partial charge on any atom is -0.394 e. The maximum atomic E-state index is 12.8. The van der Waals surface area contributed by atoms with E-state index in [1.54, 1.807) is 12.1 Å². The first-order valence-corrected chi connectivity index (χ1v) is 11.3. The van der Waals surface area contributed by atoms with Gasteiger partial charge in [0.2, 0.25) is 5.91 Å². The molecule has 2 heterocycles. The summed E-state index contributed by atoms with van der Waals surface area (Å²) in [6.45, 7) is 2.82. The topological polar surface area (TPSA) is 82.1 Å². The lowest BCUT2D eigenvalue weighted by atomic mass is 9.96. The van der Waals surface area contributed by atoms with E-state index >= 15 is 0 Å². The van der Waals surface area contributed by atoms with Crippen molar-refractivity contribution in [1.82, 2.24) is 10.2 Å². The first kappa shape index (κ1) is 22.3. The number of aliphatic hydroxyl groups excluding tert-OH is 1. The molecule has 3 atom stereocenters. The van der Waals surface area contributed by atoms with Crippen LogP contribution in [0.3, 0.4) is 0 Å². The zero-order valence-electron chi connectivity index (χ0n) is 18.2. The molecule has 0 saturated carbocycles. The Bertz CT molecular complexity index is 885. The van der Waals surface area contributed by atoms with Gasteiger partial charge in [-0.15, -0.1) is 0 Å². The Morgan fingerprint density at radius 1 is 0.938 bits per heavy atom. The lowest BCUT2D eigenvalue weighted by Gasteiger charge is -2.39. The van der Waals surface area contributed by atoms with E-state index in [-0.39, 0.29) is 30.6 Å². The SMILES string of the molecule is O=C(N[C@@H]1CC[C@@H](CC(=O)N2CCN(c3ccccc3)CC2)O[C@H]1CO)c1ccccc1. The van der Waals surface area contributed by atoms with E-state index < -0.39 is 6.10 Å². The molecule has 0 spiro atoms. The monoisotopic (exact) mass is 437 g/mol. The van der Waals surface area contributed by atoms with E-state index in [1.807, 2.05) is 41.3 Å². The number of aliphatic hydroxyl groups is 1. The molecule has 170 valence electrons. The Morgan fingerprint density at radius 3 is 2.25 bits per heavy atom. The first-order valence-electron chi connectivity index (χ1n) is 11.3. The molecule has 2 aliphatic rings. The average Bonchev–Trinajstić information content (AvgIpc) is 2.86. The van der Waals surface area contributed by atoms with Crippen LogP contribution in [0.1, 0.15) is 29.6 Å². The third kappa shape index (κ3) is 5.47. The van der Waals surface area contributed by atoms with Gasteiger partial charge in [-0.2, -0.15) is 0 Å². The van der Waals surface area contributed by atoms with E-state index in [0.717, 1.165) is 13.1 Å². The van der Waals surface area contributed by atoms with Crippen LogP contribution in [0.2, 0.25) is 0 Å². The second-order valence-electron chi connectivity index (χ2n) is 8.41. The molecule has 2 aromatic carbocycles. The number of amides is 2. The van der Waals surface area contributed by atoms with Crippen LogP contribution in [0.25, 0.3) is 0 Å². The zero-order chi connectivity index (χ0) is 22.3. The van der Waals surface area contributed by atoms with Crippen molar-refractivity contribution in [3.05, 3.63) is 66.2 Å². The van der Waals surface area contributed by atoms with Gasteiger partial charge in [-0.1, -0.05) is 36.4 Å². The van der Waals surface area contributed by atoms with Crippen LogP contribution in [0.15, 0.2) is 60.7 Å². The summed E-state index contributed by atoms with van der Waals surface area (Å²) in [7, 11) is 0. The minimum absolute atomic E-state index is 0.0890. The zero-order valence-corrected chi connectivity index (χ0v) is 18.2. The fraction of sp³-hybridized carbons (Fsp3) is 0.440. The van der Waals surface area contributed by atoms with Crippen LogP contribution in [0.4, 0.5) is 5.69 Å². The second-order valence-corrected chi connectivity index (χ2v) is 8.41. The van der Waals surface area contributed by atoms with E-state index in [4.69, 9.17) is 4.74 Å². The predicted octanol–water partition coefficient (Wildman–Crippen LogP) is 2.06. The maximum Gasteiger partial charge on any atom is 0.251 e. The quantitative estimate of drug-likeness (QED) is 0.723. The number of hydrogen-bond acceptors (Lipinski definition) is 5. The highest BCUT2D eigenvalue weighted by atomic mass is 16.5. The summed E-state index contributed by atoms with van der Waals surface area (Å²) in [6.07, 6.45) is 0.900. The Labute approximate surface area is 189 Å². The molecule has 0 aromatic heterocycles. The molecule has 2 N–H and O–H groups in total. The minimum atomic E-state index is -0.510. The summed E-state index contributed by atoms with van der Waals surface area (Å²) in [5.74, 6) is -0.0883. The van der Waals surface area contributed by atoms with E-state index in [2.05, 4.69) is 22.3 Å². The van der Waals surface area contributed by atoms with Gasteiger partial charge < -0.3 is 25.0 Å². The van der Waals surface area contributed by atoms with Gasteiger partial charge in [0, 0.05) is 37.4 Å². The summed E-state index contributed by atoms with van der Waals surface area (Å²) in [5.41, 5.74) is 1.76. The molecule has 2 aromatic rings. The number of nitrogens with zero attached hydrogens (tertiary/aromatic N) is 2. The molecule has 0 unspecified atom stereocenters. The molecular weight excluding hydrogens is 406 g/mol. The smallest absolute Gasteiger partial charge is 0.251 e. The van der Waals surface area contributed by atoms with Crippen LogP contribution in [0.5, 0.6) is 0 Å². The highest BCUT2D eigenvalue weighted by Gasteiger charge is 2.34. The Morgan fingerprint density at radius 2 is 1.59 bits per heavy atom. The van der Waals surface area contributed by atoms with Gasteiger partial charge in [-0.3, -0.25) is 9.59 Å². The number of carbonyl (C=O) groups is 2. The van der Waals surface area contributed by atoms with Crippen molar-refractivity contribution in [3.8, 4) is 0 Å². The van der Waals surface area contributed by atoms with Gasteiger partial charge in [0.25, 0.3) is 5.91 Å². The fourth-order valence-corrected chi connectivity index (χ4v) is 4.46. The number of piperazine rings is 1. The number of anilines is 1. The molecule has 0 radical (unpaired) electrons. The van der Waals surface area contributed by atoms with E-state index in [9.17, 15) is 14.7 Å². The summed E-state index contributed by atoms with van der Waals surface area (Å²) in [5, 5.41) is 12.8. The highest BCUT2D eigenvalue weighted by molar-refractivity contribution is 5.94. The number of nitrogens with one attached hydrogen (secondary N) is 1. The lowest BCUT2D eigenvalue weighted by Crippen LogP contribution is -2.52. The Kier molecular flexibility index (Phi) is 7.39. The molecule has 2 saturated heterocycles. The van der Waals surface area contributed by atoms with Crippen molar-refractivity contribution < 1.29 is 19.4 Å². The maximum absolute atomic E-state index is 12.8. The van der Waals surface area contributed by atoms with Crippen molar-refractivity contribution in [2.45, 2.75) is 37.5 Å². The molecule has 4 rings (SSSR count). The predicted molar refractivity (Wildman–Crippen MR) is 123 cm³/mol. The summed E-state index contributed by atoms with van der Waals surface area (Å²) in [4.78, 5) is 29.5. The van der Waals surface area contributed by atoms with Crippen LogP contribution < -0.4 is 10.2 Å². The summed E-state index contributed by atoms with van der Waals surface area (Å²) in [6, 6.07) is 19.0. The summed E-state index contributed by atoms with van der Waals surface area (Å²) < 4.78 is 6.01. The van der Waals surface area contributed by atoms with Crippen LogP contribution in [-0.4, -0.2) is 72.9 Å². The molecular formula is C25H31N3O4. The Balaban J connectivity index is 1.25. The average molecular weight is 438 g/mol. The number of hydrogen-bond donors (Lipinski definition) is 2. The molecule has 2 amide bonds. The number of rotatable bonds is 6. The van der Waals surface area contributed by atoms with Gasteiger partial charge in [-0.05, 0) is 37.1 Å². The van der Waals surface area contributed by atoms with Gasteiger partial charge in [0.05, 0.1) is 25.2 Å². The van der Waals surface area contributed by atoms with Gasteiger partial charge in [0.15, 0.2) is 0 Å². The van der Waals surface area contributed by atoms with Gasteiger partial charge in [0.1, 0.15) is 6.10 Å². The van der Waals surface area contributed by atoms with Crippen LogP contribution in [0, 0.1) is 0 Å². The number of carbonyl (C=O) groups excluding carboxylic acids is 2. The van der Waals surface area contributed by atoms with Crippen molar-refractivity contribution in [2.75, 3.05) is 37.7 Å². The van der Waals surface area contributed by atoms with E-state index in [0.29, 0.717) is 37.9 Å². The second kappa shape index (κ2) is 10.6.